The first kappa shape index (κ1) is 20.0. The van der Waals surface area contributed by atoms with Crippen LogP contribution in [0.5, 0.6) is 5.75 Å². The molecule has 3 aromatic rings. The number of amidine groups is 1. The summed E-state index contributed by atoms with van der Waals surface area (Å²) in [5.74, 6) is 2.46. The van der Waals surface area contributed by atoms with Crippen molar-refractivity contribution in [2.45, 2.75) is 33.0 Å². The lowest BCUT2D eigenvalue weighted by Crippen LogP contribution is -2.44. The zero-order valence-corrected chi connectivity index (χ0v) is 18.2. The number of nitrogens with one attached hydrogen (secondary N) is 1. The predicted molar refractivity (Wildman–Crippen MR) is 124 cm³/mol. The van der Waals surface area contributed by atoms with Gasteiger partial charge in [0.1, 0.15) is 5.75 Å². The first-order valence-electron chi connectivity index (χ1n) is 11.2. The van der Waals surface area contributed by atoms with Gasteiger partial charge in [-0.1, -0.05) is 62.4 Å². The second-order valence-corrected chi connectivity index (χ2v) is 8.58. The molecule has 0 bridgehead atoms. The van der Waals surface area contributed by atoms with Crippen LogP contribution >= 0.6 is 0 Å². The van der Waals surface area contributed by atoms with E-state index in [9.17, 15) is 0 Å². The number of nitrogens with zero attached hydrogens (tertiary/aromatic N) is 2. The first-order chi connectivity index (χ1) is 15.2. The van der Waals surface area contributed by atoms with E-state index in [0.717, 1.165) is 48.2 Å². The Morgan fingerprint density at radius 2 is 1.81 bits per heavy atom. The third-order valence-corrected chi connectivity index (χ3v) is 5.95. The lowest BCUT2D eigenvalue weighted by atomic mass is 9.96. The molecule has 2 heterocycles. The summed E-state index contributed by atoms with van der Waals surface area (Å²) >= 11 is 0. The largest absolute Gasteiger partial charge is 0.494 e. The van der Waals surface area contributed by atoms with Gasteiger partial charge >= 0.3 is 0 Å². The van der Waals surface area contributed by atoms with Crippen molar-refractivity contribution in [3.8, 4) is 5.75 Å². The standard InChI is InChI=1S/C26H29N3O2/c1-3-14-30-21-11-8-19(9-12-21)26-27-25(28-31-26)24-13-10-20(17-29-15-18(2)16-29)22-6-4-5-7-23(22)24/h4-13,18,26H,3,14-17H2,1-2H3,(H,27,28). The van der Waals surface area contributed by atoms with Crippen LogP contribution in [0.15, 0.2) is 65.7 Å². The molecule has 0 amide bonds. The highest BCUT2D eigenvalue weighted by molar-refractivity contribution is 6.10. The minimum atomic E-state index is -0.365. The van der Waals surface area contributed by atoms with Gasteiger partial charge in [0.25, 0.3) is 0 Å². The molecular weight excluding hydrogens is 386 g/mol. The van der Waals surface area contributed by atoms with Crippen molar-refractivity contribution in [1.82, 2.24) is 10.4 Å². The average Bonchev–Trinajstić information content (AvgIpc) is 3.27. The predicted octanol–water partition coefficient (Wildman–Crippen LogP) is 5.06. The highest BCUT2D eigenvalue weighted by Gasteiger charge is 2.25. The lowest BCUT2D eigenvalue weighted by Gasteiger charge is -2.37. The number of benzene rings is 3. The van der Waals surface area contributed by atoms with E-state index in [0.29, 0.717) is 0 Å². The number of rotatable bonds is 7. The molecule has 5 nitrogen and oxygen atoms in total. The molecule has 5 rings (SSSR count). The fourth-order valence-corrected chi connectivity index (χ4v) is 4.40. The number of fused-ring (bicyclic) bond motifs is 1. The van der Waals surface area contributed by atoms with E-state index in [4.69, 9.17) is 14.6 Å². The van der Waals surface area contributed by atoms with Crippen LogP contribution in [0.25, 0.3) is 10.8 Å². The molecule has 1 unspecified atom stereocenters. The van der Waals surface area contributed by atoms with Crippen LogP contribution in [-0.2, 0) is 11.4 Å². The van der Waals surface area contributed by atoms with Crippen molar-refractivity contribution >= 4 is 16.6 Å². The molecule has 1 atom stereocenters. The van der Waals surface area contributed by atoms with E-state index in [1.165, 1.54) is 29.4 Å². The van der Waals surface area contributed by atoms with Gasteiger partial charge < -0.3 is 4.74 Å². The first-order valence-corrected chi connectivity index (χ1v) is 11.2. The molecule has 0 radical (unpaired) electrons. The molecule has 1 saturated heterocycles. The zero-order chi connectivity index (χ0) is 21.2. The third-order valence-electron chi connectivity index (χ3n) is 5.95. The van der Waals surface area contributed by atoms with E-state index >= 15 is 0 Å². The van der Waals surface area contributed by atoms with Gasteiger partial charge in [0, 0.05) is 30.8 Å². The van der Waals surface area contributed by atoms with Crippen molar-refractivity contribution in [3.63, 3.8) is 0 Å². The Labute approximate surface area is 183 Å². The zero-order valence-electron chi connectivity index (χ0n) is 18.2. The van der Waals surface area contributed by atoms with Gasteiger partial charge in [0.15, 0.2) is 5.84 Å². The maximum absolute atomic E-state index is 5.81. The number of likely N-dealkylation sites (tertiary alicyclic amines) is 1. The summed E-state index contributed by atoms with van der Waals surface area (Å²) in [6.45, 7) is 8.50. The minimum absolute atomic E-state index is 0.365. The highest BCUT2D eigenvalue weighted by atomic mass is 16.7. The topological polar surface area (TPSA) is 46.1 Å². The van der Waals surface area contributed by atoms with Gasteiger partial charge in [-0.2, -0.15) is 0 Å². The number of hydroxylamine groups is 1. The van der Waals surface area contributed by atoms with Gasteiger partial charge in [-0.15, -0.1) is 0 Å². The Balaban J connectivity index is 1.39. The van der Waals surface area contributed by atoms with E-state index < -0.39 is 0 Å². The Bertz CT molecular complexity index is 1090. The maximum Gasteiger partial charge on any atom is 0.202 e. The molecule has 2 aliphatic heterocycles. The fraction of sp³-hybridized carbons (Fsp3) is 0.346. The Kier molecular flexibility index (Phi) is 5.62. The molecule has 2 aliphatic rings. The smallest absolute Gasteiger partial charge is 0.202 e. The summed E-state index contributed by atoms with van der Waals surface area (Å²) in [5.41, 5.74) is 6.50. The fourth-order valence-electron chi connectivity index (χ4n) is 4.40. The average molecular weight is 416 g/mol. The second-order valence-electron chi connectivity index (χ2n) is 8.58. The number of ether oxygens (including phenoxy) is 1. The van der Waals surface area contributed by atoms with Crippen LogP contribution in [-0.4, -0.2) is 30.4 Å². The van der Waals surface area contributed by atoms with Gasteiger partial charge in [-0.05, 0) is 40.8 Å². The Morgan fingerprint density at radius 3 is 2.55 bits per heavy atom. The van der Waals surface area contributed by atoms with E-state index in [2.05, 4.69) is 60.6 Å². The lowest BCUT2D eigenvalue weighted by molar-refractivity contribution is 0.0377. The third kappa shape index (κ3) is 4.16. The van der Waals surface area contributed by atoms with Gasteiger partial charge in [0.05, 0.1) is 6.61 Å². The number of hydrogen-bond donors (Lipinski definition) is 1. The summed E-state index contributed by atoms with van der Waals surface area (Å²) in [6.07, 6.45) is 0.630. The normalized spacial score (nSPS) is 19.2. The van der Waals surface area contributed by atoms with E-state index in [1.54, 1.807) is 0 Å². The quantitative estimate of drug-likeness (QED) is 0.586. The highest BCUT2D eigenvalue weighted by Crippen LogP contribution is 2.30. The monoisotopic (exact) mass is 415 g/mol. The van der Waals surface area contributed by atoms with Gasteiger partial charge in [-0.3, -0.25) is 4.90 Å². The van der Waals surface area contributed by atoms with Crippen LogP contribution in [0.2, 0.25) is 0 Å². The van der Waals surface area contributed by atoms with E-state index in [-0.39, 0.29) is 6.23 Å². The summed E-state index contributed by atoms with van der Waals surface area (Å²) in [4.78, 5) is 13.1. The number of aliphatic imine (C=N–C) groups is 1. The second kappa shape index (κ2) is 8.69. The van der Waals surface area contributed by atoms with Gasteiger partial charge in [-0.25, -0.2) is 15.3 Å². The summed E-state index contributed by atoms with van der Waals surface area (Å²) in [7, 11) is 0. The molecule has 1 N–H and O–H groups in total. The Morgan fingerprint density at radius 1 is 1.03 bits per heavy atom. The molecule has 1 fully saturated rings. The minimum Gasteiger partial charge on any atom is -0.494 e. The van der Waals surface area contributed by atoms with Crippen molar-refractivity contribution in [2.24, 2.45) is 10.9 Å². The van der Waals surface area contributed by atoms with Crippen LogP contribution in [0.3, 0.4) is 0 Å². The van der Waals surface area contributed by atoms with Crippen LogP contribution in [0, 0.1) is 5.92 Å². The van der Waals surface area contributed by atoms with Crippen molar-refractivity contribution < 1.29 is 9.57 Å². The van der Waals surface area contributed by atoms with Crippen molar-refractivity contribution in [3.05, 3.63) is 77.4 Å². The van der Waals surface area contributed by atoms with Crippen LogP contribution in [0.1, 0.15) is 43.2 Å². The molecule has 0 aliphatic carbocycles. The maximum atomic E-state index is 5.81. The summed E-state index contributed by atoms with van der Waals surface area (Å²) in [6, 6.07) is 21.0. The molecule has 31 heavy (non-hydrogen) atoms. The SMILES string of the molecule is CCCOc1ccc(C2N=C(c3ccc(CN4CC(C)C4)c4ccccc34)NO2)cc1. The van der Waals surface area contributed by atoms with E-state index in [1.807, 2.05) is 24.3 Å². The summed E-state index contributed by atoms with van der Waals surface area (Å²) < 4.78 is 5.67. The van der Waals surface area contributed by atoms with Crippen molar-refractivity contribution in [1.29, 1.82) is 0 Å². The molecular formula is C26H29N3O2. The molecule has 0 aromatic heterocycles. The Hall–Kier alpha value is -2.89. The van der Waals surface area contributed by atoms with Crippen LogP contribution < -0.4 is 10.2 Å². The summed E-state index contributed by atoms with van der Waals surface area (Å²) in [5, 5.41) is 2.48. The van der Waals surface area contributed by atoms with Crippen molar-refractivity contribution in [2.75, 3.05) is 19.7 Å². The van der Waals surface area contributed by atoms with Crippen LogP contribution in [0.4, 0.5) is 0 Å². The molecule has 3 aromatic carbocycles. The van der Waals surface area contributed by atoms with Gasteiger partial charge in [0.2, 0.25) is 6.23 Å². The molecule has 0 spiro atoms. The molecule has 5 heteroatoms. The molecule has 160 valence electrons. The number of hydrogen-bond acceptors (Lipinski definition) is 5. The molecule has 0 saturated carbocycles.